The molecule has 1 aromatic heterocycles. The average molecular weight is 1540 g/mol. The minimum Gasteiger partial charge on any atom is -0.208 e. The number of fused-ring (bicyclic) bond motifs is 10. The first-order chi connectivity index (χ1) is 59.9. The molecule has 0 aliphatic heterocycles. The Morgan fingerprint density at radius 3 is 0.537 bits per heavy atom. The van der Waals surface area contributed by atoms with Gasteiger partial charge in [-0.15, -0.1) is 0 Å². The Balaban J connectivity index is 0.555. The first-order valence-electron chi connectivity index (χ1n) is 41.6. The maximum Gasteiger partial charge on any atom is 0.164 e. The van der Waals surface area contributed by atoms with Crippen molar-refractivity contribution in [3.63, 3.8) is 0 Å². The van der Waals surface area contributed by atoms with Gasteiger partial charge in [0.1, 0.15) is 0 Å². The summed E-state index contributed by atoms with van der Waals surface area (Å²) < 4.78 is 0. The third-order valence-corrected chi connectivity index (χ3v) is 24.5. The smallest absolute Gasteiger partial charge is 0.164 e. The van der Waals surface area contributed by atoms with E-state index in [1.165, 1.54) is 111 Å². The van der Waals surface area contributed by atoms with Crippen molar-refractivity contribution < 1.29 is 0 Å². The van der Waals surface area contributed by atoms with Crippen LogP contribution < -0.4 is 0 Å². The number of rotatable bonds is 16. The van der Waals surface area contributed by atoms with Crippen LogP contribution in [-0.2, 0) is 5.41 Å². The molecular weight excluding hydrogens is 1460 g/mol. The van der Waals surface area contributed by atoms with Gasteiger partial charge in [-0.1, -0.05) is 394 Å². The largest absolute Gasteiger partial charge is 0.208 e. The second-order valence-corrected chi connectivity index (χ2v) is 31.7. The second-order valence-electron chi connectivity index (χ2n) is 31.7. The summed E-state index contributed by atoms with van der Waals surface area (Å²) in [4.78, 5) is 16.0. The topological polar surface area (TPSA) is 38.7 Å². The summed E-state index contributed by atoms with van der Waals surface area (Å²) in [7, 11) is 0. The molecule has 2 aliphatic rings. The zero-order valence-electron chi connectivity index (χ0n) is 66.3. The van der Waals surface area contributed by atoms with Crippen LogP contribution in [0.2, 0.25) is 0 Å². The fourth-order valence-corrected chi connectivity index (χ4v) is 18.5. The van der Waals surface area contributed by atoms with Crippen LogP contribution in [0.1, 0.15) is 22.3 Å². The Kier molecular flexibility index (Phi) is 18.2. The van der Waals surface area contributed by atoms with Gasteiger partial charge in [0.2, 0.25) is 0 Å². The summed E-state index contributed by atoms with van der Waals surface area (Å²) in [5.74, 6) is 1.76. The van der Waals surface area contributed by atoms with E-state index in [1.54, 1.807) is 0 Å². The molecule has 0 amide bonds. The molecule has 1 heterocycles. The van der Waals surface area contributed by atoms with E-state index in [0.29, 0.717) is 17.5 Å². The van der Waals surface area contributed by atoms with Crippen LogP contribution in [0.5, 0.6) is 0 Å². The summed E-state index contributed by atoms with van der Waals surface area (Å²) >= 11 is 0. The van der Waals surface area contributed by atoms with Crippen LogP contribution >= 0.6 is 0 Å². The van der Waals surface area contributed by atoms with E-state index in [9.17, 15) is 0 Å². The molecule has 0 saturated heterocycles. The minimum absolute atomic E-state index is 0.401. The molecule has 0 fully saturated rings. The number of aromatic nitrogens is 3. The molecule has 1 spiro atoms. The quantitative estimate of drug-likeness (QED) is 0.0968. The van der Waals surface area contributed by atoms with Gasteiger partial charge in [-0.05, 0) is 262 Å². The van der Waals surface area contributed by atoms with Gasteiger partial charge in [0, 0.05) is 16.7 Å². The zero-order chi connectivity index (χ0) is 80.2. The van der Waals surface area contributed by atoms with Crippen molar-refractivity contribution in [2.45, 2.75) is 5.41 Å². The Labute approximate surface area is 706 Å². The van der Waals surface area contributed by atoms with Crippen LogP contribution in [-0.4, -0.2) is 15.0 Å². The van der Waals surface area contributed by atoms with Gasteiger partial charge in [0.15, 0.2) is 17.5 Å². The summed E-state index contributed by atoms with van der Waals surface area (Å²) in [6, 6.07) is 170. The number of nitrogens with zero attached hydrogens (tertiary/aromatic N) is 3. The van der Waals surface area contributed by atoms with Gasteiger partial charge < -0.3 is 0 Å². The van der Waals surface area contributed by atoms with E-state index in [2.05, 4.69) is 467 Å². The molecule has 564 valence electrons. The minimum atomic E-state index is -0.401. The molecule has 2 aliphatic carbocycles. The summed E-state index contributed by atoms with van der Waals surface area (Å²) in [5.41, 5.74) is 42.9. The highest BCUT2D eigenvalue weighted by Gasteiger charge is 2.51. The lowest BCUT2D eigenvalue weighted by molar-refractivity contribution is 0.794. The maximum atomic E-state index is 5.36. The summed E-state index contributed by atoms with van der Waals surface area (Å²) in [5, 5.41) is 0. The predicted molar refractivity (Wildman–Crippen MR) is 503 cm³/mol. The molecule has 0 N–H and O–H groups in total. The molecule has 0 bridgehead atoms. The van der Waals surface area contributed by atoms with Crippen LogP contribution in [0, 0.1) is 0 Å². The van der Waals surface area contributed by atoms with Crippen molar-refractivity contribution in [2.75, 3.05) is 0 Å². The third-order valence-electron chi connectivity index (χ3n) is 24.5. The first-order valence-corrected chi connectivity index (χ1v) is 41.6. The fourth-order valence-electron chi connectivity index (χ4n) is 18.5. The average Bonchev–Trinajstić information content (AvgIpc) is 1.51. The normalized spacial score (nSPS) is 12.0. The molecule has 0 atom stereocenters. The highest BCUT2D eigenvalue weighted by Crippen LogP contribution is 2.63. The van der Waals surface area contributed by atoms with Gasteiger partial charge >= 0.3 is 0 Å². The second kappa shape index (κ2) is 30.7. The van der Waals surface area contributed by atoms with Crippen molar-refractivity contribution >= 4 is 0 Å². The molecule has 19 aromatic carbocycles. The van der Waals surface area contributed by atoms with Gasteiger partial charge in [-0.3, -0.25) is 0 Å². The van der Waals surface area contributed by atoms with E-state index < -0.39 is 5.41 Å². The Hall–Kier alpha value is -15.8. The molecule has 0 radical (unpaired) electrons. The molecule has 0 unspecified atom stereocenters. The van der Waals surface area contributed by atoms with Crippen molar-refractivity contribution in [3.05, 3.63) is 489 Å². The van der Waals surface area contributed by atoms with E-state index in [4.69, 9.17) is 15.0 Å². The lowest BCUT2D eigenvalue weighted by atomic mass is 9.70. The van der Waals surface area contributed by atoms with Crippen LogP contribution in [0.4, 0.5) is 0 Å². The molecular formula is C118H77N3. The monoisotopic (exact) mass is 1540 g/mol. The highest BCUT2D eigenvalue weighted by atomic mass is 15.0. The van der Waals surface area contributed by atoms with Crippen molar-refractivity contribution in [2.24, 2.45) is 0 Å². The number of hydrogen-bond acceptors (Lipinski definition) is 3. The van der Waals surface area contributed by atoms with Gasteiger partial charge in [-0.25, -0.2) is 15.0 Å². The SMILES string of the molecule is c1ccc(-c2cccc(-c3cccc(-c4cccc(-c5ccc(-c6nc(-c7ccc(-c8cccc(-c9cccc(-c%10cccc(-c%11cccc(-c%12ccc%13c(c%12)C%12(c%14ccccc%14-c%14ccccc%14%12)c%12ccccc%12-%13)c%11)c%10)c9)c8)cc7)nc(-c7cccc(-c8cccc(-c9cccc(-c%10cccc(-c%11ccccc%11)c%10)c9)c8)c7)n6)cc5)c4)c3)c2)cc1. The Morgan fingerprint density at radius 1 is 0.107 bits per heavy atom. The van der Waals surface area contributed by atoms with E-state index in [0.717, 1.165) is 94.6 Å². The molecule has 0 saturated carbocycles. The molecule has 22 rings (SSSR count). The highest BCUT2D eigenvalue weighted by molar-refractivity contribution is 5.97. The van der Waals surface area contributed by atoms with Crippen LogP contribution in [0.25, 0.3) is 201 Å². The lowest BCUT2D eigenvalue weighted by Gasteiger charge is -2.30. The Bertz CT molecular complexity index is 7320. The van der Waals surface area contributed by atoms with Crippen molar-refractivity contribution in [3.8, 4) is 201 Å². The van der Waals surface area contributed by atoms with E-state index in [1.807, 2.05) is 0 Å². The molecule has 20 aromatic rings. The molecule has 121 heavy (non-hydrogen) atoms. The molecule has 3 nitrogen and oxygen atoms in total. The predicted octanol–water partition coefficient (Wildman–Crippen LogP) is 30.9. The van der Waals surface area contributed by atoms with E-state index >= 15 is 0 Å². The van der Waals surface area contributed by atoms with Gasteiger partial charge in [0.05, 0.1) is 5.41 Å². The van der Waals surface area contributed by atoms with Crippen molar-refractivity contribution in [1.29, 1.82) is 0 Å². The van der Waals surface area contributed by atoms with Crippen LogP contribution in [0.15, 0.2) is 467 Å². The molecule has 3 heteroatoms. The summed E-state index contributed by atoms with van der Waals surface area (Å²) in [6.07, 6.45) is 0. The number of hydrogen-bond donors (Lipinski definition) is 0. The standard InChI is InChI=1S/C118H77N3/c1-3-24-78(25-4-1)84-28-13-32-88(66-84)92-36-17-38-94(70-92)90-34-15-30-86(68-90)80-56-60-82(61-57-80)115-119-116(121-117(120-115)106-49-23-48-104(76-106)102-46-21-44-100(74-102)97-41-18-37-93(71-97)89-33-14-29-85(67-89)79-26-5-2-6-27-79)83-62-58-81(59-63-83)87-31-16-35-91(69-87)95-39-19-40-96(72-95)98-42-20-43-99(73-98)101-45-22-47-103(75-101)105-64-65-110-109-52-9-12-55-113(109)118(114(110)77-105)111-53-10-7-50-107(111)108-51-8-11-54-112(108)118/h1-77H. The maximum absolute atomic E-state index is 5.36. The van der Waals surface area contributed by atoms with Gasteiger partial charge in [0.25, 0.3) is 0 Å². The fraction of sp³-hybridized carbons (Fsp3) is 0.00847. The van der Waals surface area contributed by atoms with Crippen LogP contribution in [0.3, 0.4) is 0 Å². The zero-order valence-corrected chi connectivity index (χ0v) is 66.3. The third kappa shape index (κ3) is 13.5. The van der Waals surface area contributed by atoms with Gasteiger partial charge in [-0.2, -0.15) is 0 Å². The number of benzene rings is 19. The van der Waals surface area contributed by atoms with Crippen molar-refractivity contribution in [1.82, 2.24) is 15.0 Å². The first kappa shape index (κ1) is 71.7. The lowest BCUT2D eigenvalue weighted by Crippen LogP contribution is -2.25. The summed E-state index contributed by atoms with van der Waals surface area (Å²) in [6.45, 7) is 0. The Morgan fingerprint density at radius 2 is 0.273 bits per heavy atom. The van der Waals surface area contributed by atoms with E-state index in [-0.39, 0.29) is 0 Å².